The fraction of sp³-hybridized carbons (Fsp3) is 0.528. The molecule has 2 heterocycles. The molecule has 2 saturated heterocycles. The normalized spacial score (nSPS) is 19.2. The first-order valence-electron chi connectivity index (χ1n) is 16.0. The highest BCUT2D eigenvalue weighted by Crippen LogP contribution is 2.30. The highest BCUT2D eigenvalue weighted by atomic mass is 16.6. The zero-order valence-electron chi connectivity index (χ0n) is 27.2. The zero-order valence-corrected chi connectivity index (χ0v) is 27.2. The predicted molar refractivity (Wildman–Crippen MR) is 171 cm³/mol. The van der Waals surface area contributed by atoms with Crippen LogP contribution in [-0.2, 0) is 36.8 Å². The summed E-state index contributed by atoms with van der Waals surface area (Å²) in [5.74, 6) is -0.941. The van der Waals surface area contributed by atoms with Gasteiger partial charge in [0, 0.05) is 25.9 Å². The molecule has 0 aliphatic carbocycles. The first-order chi connectivity index (χ1) is 21.2. The molecule has 2 fully saturated rings. The van der Waals surface area contributed by atoms with Gasteiger partial charge in [0.1, 0.15) is 11.6 Å². The Balaban J connectivity index is 1.43. The standard InChI is InChI=1S/C36H47N3O6/c1-35(2,3)45-34(44)39-21-13-19-29(39)32(42)38-20-12-18-28(38)31(41)24-36(4,5)33(43)37-27(22-25-14-8-6-9-15-25)30(40)23-26-16-10-7-11-17-26/h6-11,14-17,27-29H,12-13,18-24H2,1-5H3,(H,37,43). The van der Waals surface area contributed by atoms with Crippen LogP contribution < -0.4 is 5.32 Å². The molecule has 3 unspecified atom stereocenters. The van der Waals surface area contributed by atoms with Crippen molar-refractivity contribution in [1.82, 2.24) is 15.1 Å². The molecule has 2 aromatic carbocycles. The third-order valence-corrected chi connectivity index (χ3v) is 8.50. The van der Waals surface area contributed by atoms with Crippen LogP contribution in [0.2, 0.25) is 0 Å². The Labute approximate surface area is 266 Å². The van der Waals surface area contributed by atoms with E-state index in [0.29, 0.717) is 45.2 Å². The average Bonchev–Trinajstić information content (AvgIpc) is 3.67. The van der Waals surface area contributed by atoms with Gasteiger partial charge in [0.2, 0.25) is 11.8 Å². The number of rotatable bonds is 11. The van der Waals surface area contributed by atoms with Crippen LogP contribution in [0.25, 0.3) is 0 Å². The number of ether oxygens (including phenoxy) is 1. The second-order valence-electron chi connectivity index (χ2n) is 13.9. The molecule has 2 aliphatic rings. The topological polar surface area (TPSA) is 113 Å². The zero-order chi connectivity index (χ0) is 32.8. The van der Waals surface area contributed by atoms with Crippen molar-refractivity contribution in [3.63, 3.8) is 0 Å². The van der Waals surface area contributed by atoms with E-state index in [4.69, 9.17) is 4.74 Å². The number of Topliss-reactive ketones (excluding diaryl/α,β-unsaturated/α-hetero) is 2. The first-order valence-corrected chi connectivity index (χ1v) is 16.0. The summed E-state index contributed by atoms with van der Waals surface area (Å²) in [4.78, 5) is 70.4. The lowest BCUT2D eigenvalue weighted by atomic mass is 9.83. The van der Waals surface area contributed by atoms with Crippen molar-refractivity contribution < 1.29 is 28.7 Å². The number of benzene rings is 2. The number of carbonyl (C=O) groups excluding carboxylic acids is 5. The van der Waals surface area contributed by atoms with Gasteiger partial charge >= 0.3 is 6.09 Å². The molecule has 45 heavy (non-hydrogen) atoms. The van der Waals surface area contributed by atoms with Crippen molar-refractivity contribution in [2.75, 3.05) is 13.1 Å². The quantitative estimate of drug-likeness (QED) is 0.384. The molecule has 242 valence electrons. The monoisotopic (exact) mass is 617 g/mol. The maximum Gasteiger partial charge on any atom is 0.410 e. The molecule has 4 rings (SSSR count). The number of nitrogens with one attached hydrogen (secondary N) is 1. The lowest BCUT2D eigenvalue weighted by Crippen LogP contribution is -2.53. The molecule has 3 amide bonds. The SMILES string of the molecule is CC(C)(C)OC(=O)N1CCCC1C(=O)N1CCCC1C(=O)CC(C)(C)C(=O)NC(Cc1ccccc1)C(=O)Cc1ccccc1. The van der Waals surface area contributed by atoms with Gasteiger partial charge in [-0.25, -0.2) is 4.79 Å². The summed E-state index contributed by atoms with van der Waals surface area (Å²) in [6, 6.07) is 16.8. The molecule has 0 spiro atoms. The fourth-order valence-electron chi connectivity index (χ4n) is 6.12. The summed E-state index contributed by atoms with van der Waals surface area (Å²) in [5.41, 5.74) is -0.0160. The summed E-state index contributed by atoms with van der Waals surface area (Å²) in [7, 11) is 0. The molecule has 2 aromatic rings. The van der Waals surface area contributed by atoms with E-state index in [9.17, 15) is 24.0 Å². The Morgan fingerprint density at radius 1 is 0.800 bits per heavy atom. The number of hydrogen-bond donors (Lipinski definition) is 1. The van der Waals surface area contributed by atoms with Crippen molar-refractivity contribution >= 4 is 29.5 Å². The molecule has 9 heteroatoms. The van der Waals surface area contributed by atoms with Crippen LogP contribution in [0.4, 0.5) is 4.79 Å². The maximum absolute atomic E-state index is 13.7. The van der Waals surface area contributed by atoms with Crippen LogP contribution >= 0.6 is 0 Å². The molecule has 1 N–H and O–H groups in total. The Kier molecular flexibility index (Phi) is 10.8. The van der Waals surface area contributed by atoms with E-state index in [1.165, 1.54) is 4.90 Å². The molecule has 0 saturated carbocycles. The van der Waals surface area contributed by atoms with Gasteiger partial charge in [-0.3, -0.25) is 24.1 Å². The van der Waals surface area contributed by atoms with Crippen molar-refractivity contribution in [3.05, 3.63) is 71.8 Å². The Bertz CT molecular complexity index is 1370. The molecular weight excluding hydrogens is 570 g/mol. The predicted octanol–water partition coefficient (Wildman–Crippen LogP) is 4.90. The van der Waals surface area contributed by atoms with Crippen molar-refractivity contribution in [2.45, 2.75) is 103 Å². The van der Waals surface area contributed by atoms with Crippen LogP contribution in [0.5, 0.6) is 0 Å². The molecule has 9 nitrogen and oxygen atoms in total. The molecule has 3 atom stereocenters. The molecule has 0 aromatic heterocycles. The fourth-order valence-corrected chi connectivity index (χ4v) is 6.12. The van der Waals surface area contributed by atoms with Gasteiger partial charge in [0.15, 0.2) is 11.6 Å². The van der Waals surface area contributed by atoms with E-state index in [1.54, 1.807) is 39.5 Å². The van der Waals surface area contributed by atoms with Crippen LogP contribution in [0.15, 0.2) is 60.7 Å². The molecule has 2 aliphatic heterocycles. The Morgan fingerprint density at radius 2 is 1.36 bits per heavy atom. The largest absolute Gasteiger partial charge is 0.444 e. The molecule has 0 radical (unpaired) electrons. The Hall–Kier alpha value is -4.01. The van der Waals surface area contributed by atoms with Crippen LogP contribution in [0.3, 0.4) is 0 Å². The van der Waals surface area contributed by atoms with E-state index < -0.39 is 35.2 Å². The van der Waals surface area contributed by atoms with E-state index in [0.717, 1.165) is 11.1 Å². The number of amides is 3. The van der Waals surface area contributed by atoms with Crippen molar-refractivity contribution in [1.29, 1.82) is 0 Å². The lowest BCUT2D eigenvalue weighted by Gasteiger charge is -2.33. The van der Waals surface area contributed by atoms with Gasteiger partial charge in [0.05, 0.1) is 17.5 Å². The van der Waals surface area contributed by atoms with E-state index in [-0.39, 0.29) is 36.2 Å². The van der Waals surface area contributed by atoms with Gasteiger partial charge in [-0.2, -0.15) is 0 Å². The third kappa shape index (κ3) is 9.02. The number of nitrogens with zero attached hydrogens (tertiary/aromatic N) is 2. The van der Waals surface area contributed by atoms with Crippen molar-refractivity contribution in [2.24, 2.45) is 5.41 Å². The van der Waals surface area contributed by atoms with Gasteiger partial charge < -0.3 is 15.0 Å². The first kappa shape index (κ1) is 33.9. The summed E-state index contributed by atoms with van der Waals surface area (Å²) >= 11 is 0. The average molecular weight is 618 g/mol. The highest BCUT2D eigenvalue weighted by molar-refractivity contribution is 5.97. The number of hydrogen-bond acceptors (Lipinski definition) is 6. The van der Waals surface area contributed by atoms with Crippen molar-refractivity contribution in [3.8, 4) is 0 Å². The minimum Gasteiger partial charge on any atom is -0.444 e. The summed E-state index contributed by atoms with van der Waals surface area (Å²) < 4.78 is 5.53. The van der Waals surface area contributed by atoms with E-state index in [1.807, 2.05) is 60.7 Å². The molecular formula is C36H47N3O6. The second-order valence-corrected chi connectivity index (χ2v) is 13.9. The Morgan fingerprint density at radius 3 is 1.96 bits per heavy atom. The number of carbonyl (C=O) groups is 5. The van der Waals surface area contributed by atoms with E-state index in [2.05, 4.69) is 5.32 Å². The van der Waals surface area contributed by atoms with E-state index >= 15 is 0 Å². The minimum absolute atomic E-state index is 0.0847. The van der Waals surface area contributed by atoms with Gasteiger partial charge in [-0.15, -0.1) is 0 Å². The second kappa shape index (κ2) is 14.4. The van der Waals surface area contributed by atoms with Crippen LogP contribution in [0, 0.1) is 5.41 Å². The molecule has 0 bridgehead atoms. The lowest BCUT2D eigenvalue weighted by molar-refractivity contribution is -0.143. The van der Waals surface area contributed by atoms with Gasteiger partial charge in [-0.1, -0.05) is 74.5 Å². The van der Waals surface area contributed by atoms with Gasteiger partial charge in [-0.05, 0) is 64.0 Å². The number of likely N-dealkylation sites (tertiary alicyclic amines) is 2. The summed E-state index contributed by atoms with van der Waals surface area (Å²) in [6.07, 6.45) is 2.28. The summed E-state index contributed by atoms with van der Waals surface area (Å²) in [5, 5.41) is 2.96. The minimum atomic E-state index is -1.12. The third-order valence-electron chi connectivity index (χ3n) is 8.50. The smallest absolute Gasteiger partial charge is 0.410 e. The van der Waals surface area contributed by atoms with Gasteiger partial charge in [0.25, 0.3) is 0 Å². The van der Waals surface area contributed by atoms with Crippen LogP contribution in [-0.4, -0.2) is 76.1 Å². The van der Waals surface area contributed by atoms with Crippen LogP contribution in [0.1, 0.15) is 77.8 Å². The highest BCUT2D eigenvalue weighted by Gasteiger charge is 2.44. The summed E-state index contributed by atoms with van der Waals surface area (Å²) in [6.45, 7) is 9.61. The maximum atomic E-state index is 13.7. The number of ketones is 2.